The number of rotatable bonds is 10. The fourth-order valence-electron chi connectivity index (χ4n) is 1.74. The van der Waals surface area contributed by atoms with E-state index in [0.717, 1.165) is 16.9 Å². The molecule has 0 spiro atoms. The lowest BCUT2D eigenvalue weighted by Gasteiger charge is -2.18. The second-order valence-corrected chi connectivity index (χ2v) is 6.09. The van der Waals surface area contributed by atoms with Crippen LogP contribution in [0, 0.1) is 0 Å². The van der Waals surface area contributed by atoms with E-state index in [1.165, 1.54) is 7.11 Å². The van der Waals surface area contributed by atoms with Crippen LogP contribution in [0.3, 0.4) is 0 Å². The van der Waals surface area contributed by atoms with Crippen LogP contribution in [0.15, 0.2) is 17.2 Å². The minimum Gasteiger partial charge on any atom is -0.469 e. The van der Waals surface area contributed by atoms with Gasteiger partial charge in [-0.3, -0.25) is 4.79 Å². The van der Waals surface area contributed by atoms with Crippen LogP contribution in [0.5, 0.6) is 0 Å². The van der Waals surface area contributed by atoms with Gasteiger partial charge in [0.05, 0.1) is 31.5 Å². The second-order valence-electron chi connectivity index (χ2n) is 5.03. The summed E-state index contributed by atoms with van der Waals surface area (Å²) in [7, 11) is 7.02. The van der Waals surface area contributed by atoms with Crippen LogP contribution >= 0.6 is 11.8 Å². The lowest BCUT2D eigenvalue weighted by Crippen LogP contribution is -2.29. The topological polar surface area (TPSA) is 83.6 Å². The molecule has 0 aliphatic carbocycles. The number of likely N-dealkylation sites (N-methyl/N-ethyl adjacent to an activating group) is 1. The summed E-state index contributed by atoms with van der Waals surface area (Å²) in [5.74, 6) is 1.06. The third kappa shape index (κ3) is 6.45. The molecule has 7 nitrogen and oxygen atoms in total. The summed E-state index contributed by atoms with van der Waals surface area (Å²) in [5.41, 5.74) is 0.981. The number of methoxy groups -OCH3 is 1. The Morgan fingerprint density at radius 2 is 2.26 bits per heavy atom. The zero-order chi connectivity index (χ0) is 17.2. The van der Waals surface area contributed by atoms with Crippen molar-refractivity contribution in [3.8, 4) is 0 Å². The van der Waals surface area contributed by atoms with E-state index in [0.29, 0.717) is 18.1 Å². The van der Waals surface area contributed by atoms with Gasteiger partial charge in [0.2, 0.25) is 0 Å². The highest BCUT2D eigenvalue weighted by Gasteiger charge is 2.11. The first-order chi connectivity index (χ1) is 11.0. The number of thioether (sulfide) groups is 1. The summed E-state index contributed by atoms with van der Waals surface area (Å²) < 4.78 is 4.60. The molecule has 0 fully saturated rings. The molecule has 0 aliphatic rings. The maximum absolute atomic E-state index is 11.1. The molecule has 0 radical (unpaired) electrons. The van der Waals surface area contributed by atoms with E-state index in [4.69, 9.17) is 0 Å². The third-order valence-electron chi connectivity index (χ3n) is 3.14. The number of esters is 1. The van der Waals surface area contributed by atoms with Crippen molar-refractivity contribution in [2.24, 2.45) is 0 Å². The quantitative estimate of drug-likeness (QED) is 0.371. The SMILES string of the molecule is CN[C@H](C=O)CSc1cc(NCCC(=O)OC)ncc1N(C)C. The van der Waals surface area contributed by atoms with Gasteiger partial charge in [0, 0.05) is 31.3 Å². The van der Waals surface area contributed by atoms with E-state index in [9.17, 15) is 9.59 Å². The van der Waals surface area contributed by atoms with Crippen LogP contribution < -0.4 is 15.5 Å². The van der Waals surface area contributed by atoms with Gasteiger partial charge in [0.1, 0.15) is 12.1 Å². The molecule has 0 bridgehead atoms. The predicted molar refractivity (Wildman–Crippen MR) is 93.3 cm³/mol. The Balaban J connectivity index is 2.77. The van der Waals surface area contributed by atoms with Crippen LogP contribution in [0.4, 0.5) is 11.5 Å². The third-order valence-corrected chi connectivity index (χ3v) is 4.31. The van der Waals surface area contributed by atoms with Crippen molar-refractivity contribution in [2.75, 3.05) is 50.8 Å². The molecular weight excluding hydrogens is 316 g/mol. The number of ether oxygens (including phenoxy) is 1. The number of hydrogen-bond acceptors (Lipinski definition) is 8. The molecule has 0 amide bonds. The van der Waals surface area contributed by atoms with Crippen molar-refractivity contribution < 1.29 is 14.3 Å². The smallest absolute Gasteiger partial charge is 0.307 e. The number of anilines is 2. The molecule has 1 atom stereocenters. The highest BCUT2D eigenvalue weighted by Crippen LogP contribution is 2.30. The van der Waals surface area contributed by atoms with Crippen molar-refractivity contribution in [1.29, 1.82) is 0 Å². The summed E-state index contributed by atoms with van der Waals surface area (Å²) in [6.45, 7) is 0.457. The molecular formula is C15H24N4O3S. The number of aldehydes is 1. The average molecular weight is 340 g/mol. The lowest BCUT2D eigenvalue weighted by molar-refractivity contribution is -0.140. The predicted octanol–water partition coefficient (Wildman–Crippen LogP) is 1.00. The van der Waals surface area contributed by atoms with Crippen molar-refractivity contribution in [1.82, 2.24) is 10.3 Å². The molecule has 1 aromatic heterocycles. The van der Waals surface area contributed by atoms with E-state index >= 15 is 0 Å². The fraction of sp³-hybridized carbons (Fsp3) is 0.533. The van der Waals surface area contributed by atoms with Crippen LogP contribution in [0.1, 0.15) is 6.42 Å². The molecule has 2 N–H and O–H groups in total. The first-order valence-electron chi connectivity index (χ1n) is 7.25. The lowest BCUT2D eigenvalue weighted by atomic mass is 10.3. The minimum atomic E-state index is -0.264. The zero-order valence-electron chi connectivity index (χ0n) is 14.0. The van der Waals surface area contributed by atoms with E-state index < -0.39 is 0 Å². The molecule has 1 rings (SSSR count). The van der Waals surface area contributed by atoms with Gasteiger partial charge in [-0.15, -0.1) is 11.8 Å². The largest absolute Gasteiger partial charge is 0.469 e. The normalized spacial score (nSPS) is 11.7. The van der Waals surface area contributed by atoms with Crippen molar-refractivity contribution in [2.45, 2.75) is 17.4 Å². The monoisotopic (exact) mass is 340 g/mol. The average Bonchev–Trinajstić information content (AvgIpc) is 2.55. The number of nitrogens with one attached hydrogen (secondary N) is 2. The molecule has 0 aliphatic heterocycles. The van der Waals surface area contributed by atoms with Crippen LogP contribution in [0.2, 0.25) is 0 Å². The van der Waals surface area contributed by atoms with Gasteiger partial charge in [-0.2, -0.15) is 0 Å². The van der Waals surface area contributed by atoms with Crippen molar-refractivity contribution >= 4 is 35.5 Å². The minimum absolute atomic E-state index is 0.195. The van der Waals surface area contributed by atoms with E-state index in [2.05, 4.69) is 20.4 Å². The maximum Gasteiger partial charge on any atom is 0.307 e. The van der Waals surface area contributed by atoms with Crippen molar-refractivity contribution in [3.63, 3.8) is 0 Å². The van der Waals surface area contributed by atoms with Gasteiger partial charge in [-0.05, 0) is 13.1 Å². The Hall–Kier alpha value is -1.80. The number of carbonyl (C=O) groups is 2. The molecule has 0 saturated heterocycles. The van der Waals surface area contributed by atoms with Gasteiger partial charge in [0.25, 0.3) is 0 Å². The molecule has 0 unspecified atom stereocenters. The summed E-state index contributed by atoms with van der Waals surface area (Å²) in [6, 6.07) is 1.73. The molecule has 1 aromatic rings. The molecule has 0 saturated carbocycles. The summed E-state index contributed by atoms with van der Waals surface area (Å²) in [6.07, 6.45) is 2.96. The molecule has 0 aromatic carbocycles. The van der Waals surface area contributed by atoms with Crippen LogP contribution in [0.25, 0.3) is 0 Å². The van der Waals surface area contributed by atoms with Gasteiger partial charge < -0.3 is 25.1 Å². The van der Waals surface area contributed by atoms with Gasteiger partial charge in [-0.25, -0.2) is 4.98 Å². The van der Waals surface area contributed by atoms with E-state index in [-0.39, 0.29) is 18.4 Å². The number of pyridine rings is 1. The summed E-state index contributed by atoms with van der Waals surface area (Å²) in [5, 5.41) is 6.06. The zero-order valence-corrected chi connectivity index (χ0v) is 14.8. The highest BCUT2D eigenvalue weighted by atomic mass is 32.2. The van der Waals surface area contributed by atoms with Gasteiger partial charge in [0.15, 0.2) is 0 Å². The summed E-state index contributed by atoms with van der Waals surface area (Å²) >= 11 is 1.58. The Bertz CT molecular complexity index is 525. The summed E-state index contributed by atoms with van der Waals surface area (Å²) in [4.78, 5) is 29.4. The second kappa shape index (κ2) is 10.1. The first-order valence-corrected chi connectivity index (χ1v) is 8.23. The van der Waals surface area contributed by atoms with Gasteiger partial charge in [-0.1, -0.05) is 0 Å². The molecule has 128 valence electrons. The number of hydrogen-bond donors (Lipinski definition) is 2. The Labute approximate surface area is 141 Å². The van der Waals surface area contributed by atoms with Gasteiger partial charge >= 0.3 is 5.97 Å². The first kappa shape index (κ1) is 19.2. The Kier molecular flexibility index (Phi) is 8.42. The molecule has 1 heterocycles. The van der Waals surface area contributed by atoms with Crippen LogP contribution in [-0.2, 0) is 14.3 Å². The molecule has 8 heteroatoms. The number of aromatic nitrogens is 1. The number of carbonyl (C=O) groups excluding carboxylic acids is 2. The number of nitrogens with zero attached hydrogens (tertiary/aromatic N) is 2. The van der Waals surface area contributed by atoms with E-state index in [1.54, 1.807) is 25.0 Å². The van der Waals surface area contributed by atoms with E-state index in [1.807, 2.05) is 25.1 Å². The fourth-order valence-corrected chi connectivity index (χ4v) is 2.93. The Morgan fingerprint density at radius 3 is 2.83 bits per heavy atom. The maximum atomic E-state index is 11.1. The van der Waals surface area contributed by atoms with Crippen molar-refractivity contribution in [3.05, 3.63) is 12.3 Å². The highest BCUT2D eigenvalue weighted by molar-refractivity contribution is 7.99. The molecule has 23 heavy (non-hydrogen) atoms. The van der Waals surface area contributed by atoms with Crippen LogP contribution in [-0.4, -0.2) is 63.8 Å². The standard InChI is InChI=1S/C15H24N4O3S/c1-16-11(9-20)10-23-13-7-14(17-6-5-15(21)22-4)18-8-12(13)19(2)3/h7-9,11,16H,5-6,10H2,1-4H3,(H,17,18)/t11-/m1/s1. The Morgan fingerprint density at radius 1 is 1.52 bits per heavy atom.